The lowest BCUT2D eigenvalue weighted by molar-refractivity contribution is -0.189. The van der Waals surface area contributed by atoms with Crippen LogP contribution in [-0.2, 0) is 4.79 Å². The molecular weight excluding hydrogens is 392 g/mol. The molecule has 0 aromatic rings. The average Bonchev–Trinajstić information content (AvgIpc) is 2.70. The maximum Gasteiger partial charge on any atom is 0.310 e. The predicted molar refractivity (Wildman–Crippen MR) is 131 cm³/mol. The molecule has 0 amide bonds. The highest BCUT2D eigenvalue weighted by Gasteiger charge is 2.68. The highest BCUT2D eigenvalue weighted by molar-refractivity contribution is 5.76. The maximum atomic E-state index is 12.8. The van der Waals surface area contributed by atoms with Crippen molar-refractivity contribution in [2.24, 2.45) is 56.7 Å². The van der Waals surface area contributed by atoms with Gasteiger partial charge in [0.05, 0.1) is 5.41 Å². The summed E-state index contributed by atoms with van der Waals surface area (Å²) in [5.41, 5.74) is 2.38. The largest absolute Gasteiger partial charge is 0.481 e. The van der Waals surface area contributed by atoms with Crippen LogP contribution in [0.25, 0.3) is 0 Å². The van der Waals surface area contributed by atoms with Crippen molar-refractivity contribution >= 4 is 5.97 Å². The summed E-state index contributed by atoms with van der Waals surface area (Å²) in [6, 6.07) is 0. The number of fused-ring (bicyclic) bond motifs is 7. The van der Waals surface area contributed by atoms with Crippen molar-refractivity contribution < 1.29 is 9.90 Å². The van der Waals surface area contributed by atoms with Crippen molar-refractivity contribution in [1.29, 1.82) is 0 Å². The SMILES string of the molecule is CC1C2C3=CCC4C5(C)CCCC(C)(C)C5CC[C@@]4(C)[C@]3(C)CCC2(C(=O)O)CC[C@H]1C. The fourth-order valence-electron chi connectivity index (χ4n) is 11.0. The molecule has 5 aliphatic carbocycles. The van der Waals surface area contributed by atoms with Crippen LogP contribution in [0.15, 0.2) is 11.6 Å². The van der Waals surface area contributed by atoms with E-state index in [0.29, 0.717) is 28.1 Å². The van der Waals surface area contributed by atoms with Gasteiger partial charge in [0, 0.05) is 0 Å². The van der Waals surface area contributed by atoms with Gasteiger partial charge in [-0.15, -0.1) is 0 Å². The summed E-state index contributed by atoms with van der Waals surface area (Å²) in [5, 5.41) is 10.5. The predicted octanol–water partition coefficient (Wildman–Crippen LogP) is 8.12. The summed E-state index contributed by atoms with van der Waals surface area (Å²) >= 11 is 0. The summed E-state index contributed by atoms with van der Waals surface area (Å²) in [6.45, 7) is 17.7. The molecule has 4 fully saturated rings. The van der Waals surface area contributed by atoms with Crippen molar-refractivity contribution in [2.75, 3.05) is 0 Å². The van der Waals surface area contributed by atoms with E-state index < -0.39 is 11.4 Å². The smallest absolute Gasteiger partial charge is 0.310 e. The number of hydrogen-bond acceptors (Lipinski definition) is 1. The standard InChI is InChI=1S/C30H48O2/c1-19-11-16-30(25(31)32)18-17-28(6)21(24(30)20(19)2)9-10-23-27(5)14-8-13-26(3,4)22(27)12-15-29(23,28)7/h9,19-20,22-24H,8,10-18H2,1-7H3,(H,31,32)/t19-,20?,22?,23?,24?,27?,28-,29-,30?/m1/s1. The topological polar surface area (TPSA) is 37.3 Å². The Labute approximate surface area is 197 Å². The van der Waals surface area contributed by atoms with Crippen molar-refractivity contribution in [1.82, 2.24) is 0 Å². The van der Waals surface area contributed by atoms with Crippen LogP contribution in [-0.4, -0.2) is 11.1 Å². The van der Waals surface area contributed by atoms with Crippen LogP contribution in [0.5, 0.6) is 0 Å². The van der Waals surface area contributed by atoms with Crippen LogP contribution in [0.3, 0.4) is 0 Å². The summed E-state index contributed by atoms with van der Waals surface area (Å²) < 4.78 is 0. The highest BCUT2D eigenvalue weighted by Crippen LogP contribution is 2.75. The van der Waals surface area contributed by atoms with E-state index in [1.165, 1.54) is 38.5 Å². The minimum absolute atomic E-state index is 0.153. The fraction of sp³-hybridized carbons (Fsp3) is 0.900. The van der Waals surface area contributed by atoms with Gasteiger partial charge in [-0.1, -0.05) is 66.5 Å². The number of rotatable bonds is 1. The van der Waals surface area contributed by atoms with Crippen LogP contribution in [0.4, 0.5) is 0 Å². The fourth-order valence-corrected chi connectivity index (χ4v) is 11.0. The molecule has 2 nitrogen and oxygen atoms in total. The molecule has 0 saturated heterocycles. The molecule has 5 aliphatic rings. The summed E-state index contributed by atoms with van der Waals surface area (Å²) in [5.74, 6) is 2.36. The zero-order chi connectivity index (χ0) is 23.3. The molecule has 1 N–H and O–H groups in total. The van der Waals surface area contributed by atoms with Crippen LogP contribution in [0.2, 0.25) is 0 Å². The second-order valence-corrected chi connectivity index (χ2v) is 14.5. The molecule has 0 aromatic carbocycles. The van der Waals surface area contributed by atoms with E-state index in [9.17, 15) is 9.90 Å². The Morgan fingerprint density at radius 1 is 0.906 bits per heavy atom. The van der Waals surface area contributed by atoms with E-state index in [4.69, 9.17) is 0 Å². The lowest BCUT2D eigenvalue weighted by Crippen LogP contribution is -2.64. The van der Waals surface area contributed by atoms with Gasteiger partial charge in [0.25, 0.3) is 0 Å². The van der Waals surface area contributed by atoms with Crippen molar-refractivity contribution in [3.8, 4) is 0 Å². The number of aliphatic carboxylic acids is 1. The van der Waals surface area contributed by atoms with Crippen molar-refractivity contribution in [3.05, 3.63) is 11.6 Å². The molecular formula is C30H48O2. The Kier molecular flexibility index (Phi) is 4.94. The number of carbonyl (C=O) groups is 1. The molecule has 0 aliphatic heterocycles. The molecule has 9 atom stereocenters. The average molecular weight is 441 g/mol. The van der Waals surface area contributed by atoms with Crippen LogP contribution >= 0.6 is 0 Å². The molecule has 4 saturated carbocycles. The van der Waals surface area contributed by atoms with Crippen LogP contribution < -0.4 is 0 Å². The first-order chi connectivity index (χ1) is 14.8. The Hall–Kier alpha value is -0.790. The van der Waals surface area contributed by atoms with Gasteiger partial charge in [-0.05, 0) is 109 Å². The first-order valence-electron chi connectivity index (χ1n) is 13.8. The van der Waals surface area contributed by atoms with E-state index in [1.54, 1.807) is 5.57 Å². The van der Waals surface area contributed by atoms with Gasteiger partial charge in [-0.25, -0.2) is 0 Å². The van der Waals surface area contributed by atoms with Gasteiger partial charge in [-0.3, -0.25) is 4.79 Å². The molecule has 0 spiro atoms. The third-order valence-corrected chi connectivity index (χ3v) is 13.2. The summed E-state index contributed by atoms with van der Waals surface area (Å²) in [7, 11) is 0. The Morgan fingerprint density at radius 3 is 2.31 bits per heavy atom. The third-order valence-electron chi connectivity index (χ3n) is 13.2. The van der Waals surface area contributed by atoms with Gasteiger partial charge < -0.3 is 5.11 Å². The number of carboxylic acids is 1. The molecule has 0 radical (unpaired) electrons. The minimum Gasteiger partial charge on any atom is -0.481 e. The van der Waals surface area contributed by atoms with Gasteiger partial charge >= 0.3 is 5.97 Å². The third kappa shape index (κ3) is 2.62. The van der Waals surface area contributed by atoms with Gasteiger partial charge in [0.15, 0.2) is 0 Å². The lowest BCUT2D eigenvalue weighted by atomic mass is 9.33. The van der Waals surface area contributed by atoms with E-state index >= 15 is 0 Å². The molecule has 2 heteroatoms. The Morgan fingerprint density at radius 2 is 1.62 bits per heavy atom. The van der Waals surface area contributed by atoms with Gasteiger partial charge in [-0.2, -0.15) is 0 Å². The van der Waals surface area contributed by atoms with Gasteiger partial charge in [0.1, 0.15) is 0 Å². The van der Waals surface area contributed by atoms with Crippen LogP contribution in [0.1, 0.15) is 113 Å². The first-order valence-corrected chi connectivity index (χ1v) is 13.8. The van der Waals surface area contributed by atoms with Gasteiger partial charge in [0.2, 0.25) is 0 Å². The summed E-state index contributed by atoms with van der Waals surface area (Å²) in [6.07, 6.45) is 14.5. The molecule has 0 heterocycles. The van der Waals surface area contributed by atoms with E-state index in [1.807, 2.05) is 0 Å². The Bertz CT molecular complexity index is 840. The molecule has 180 valence electrons. The maximum absolute atomic E-state index is 12.8. The minimum atomic E-state index is -0.519. The van der Waals surface area contributed by atoms with E-state index in [2.05, 4.69) is 54.5 Å². The van der Waals surface area contributed by atoms with Crippen molar-refractivity contribution in [2.45, 2.75) is 113 Å². The second-order valence-electron chi connectivity index (χ2n) is 14.5. The molecule has 5 rings (SSSR count). The summed E-state index contributed by atoms with van der Waals surface area (Å²) in [4.78, 5) is 12.8. The zero-order valence-electron chi connectivity index (χ0n) is 21.9. The quantitative estimate of drug-likeness (QED) is 0.418. The van der Waals surface area contributed by atoms with E-state index in [-0.39, 0.29) is 11.3 Å². The normalized spacial score (nSPS) is 54.3. The number of hydrogen-bond donors (Lipinski definition) is 1. The first kappa shape index (κ1) is 23.0. The lowest BCUT2D eigenvalue weighted by Gasteiger charge is -2.71. The molecule has 6 unspecified atom stereocenters. The molecule has 0 bridgehead atoms. The zero-order valence-corrected chi connectivity index (χ0v) is 21.9. The second kappa shape index (κ2) is 6.88. The monoisotopic (exact) mass is 440 g/mol. The highest BCUT2D eigenvalue weighted by atomic mass is 16.4. The number of allylic oxidation sites excluding steroid dienone is 2. The molecule has 0 aromatic heterocycles. The van der Waals surface area contributed by atoms with Crippen molar-refractivity contribution in [3.63, 3.8) is 0 Å². The number of carboxylic acid groups (broad SMARTS) is 1. The van der Waals surface area contributed by atoms with Crippen LogP contribution in [0, 0.1) is 56.7 Å². The van der Waals surface area contributed by atoms with E-state index in [0.717, 1.165) is 37.5 Å². The molecule has 32 heavy (non-hydrogen) atoms. The Balaban J connectivity index is 1.62.